The molecule has 116 valence electrons. The zero-order valence-corrected chi connectivity index (χ0v) is 14.0. The van der Waals surface area contributed by atoms with Crippen LogP contribution in [0.1, 0.15) is 45.6 Å². The molecule has 1 aromatic rings. The molecule has 0 aromatic heterocycles. The normalized spacial score (nSPS) is 11.2. The number of nitriles is 1. The van der Waals surface area contributed by atoms with E-state index in [1.54, 1.807) is 0 Å². The minimum absolute atomic E-state index is 0.244. The summed E-state index contributed by atoms with van der Waals surface area (Å²) in [7, 11) is 0. The average molecular weight is 309 g/mol. The van der Waals surface area contributed by atoms with Gasteiger partial charge < -0.3 is 10.1 Å². The second kappa shape index (κ2) is 8.92. The molecule has 3 nitrogen and oxygen atoms in total. The van der Waals surface area contributed by atoms with Crippen LogP contribution in [-0.2, 0) is 6.54 Å². The van der Waals surface area contributed by atoms with E-state index >= 15 is 0 Å². The van der Waals surface area contributed by atoms with Crippen molar-refractivity contribution in [3.05, 3.63) is 28.8 Å². The number of hydrogen-bond donors (Lipinski definition) is 1. The average Bonchev–Trinajstić information content (AvgIpc) is 2.46. The summed E-state index contributed by atoms with van der Waals surface area (Å²) in [6.45, 7) is 8.27. The summed E-state index contributed by atoms with van der Waals surface area (Å²) < 4.78 is 5.86. The van der Waals surface area contributed by atoms with Gasteiger partial charge in [-0.1, -0.05) is 24.6 Å². The molecule has 0 atom stereocenters. The molecule has 0 fully saturated rings. The molecule has 0 saturated heterocycles. The fraction of sp³-hybridized carbons (Fsp3) is 0.588. The largest absolute Gasteiger partial charge is 0.493 e. The maximum absolute atomic E-state index is 8.98. The van der Waals surface area contributed by atoms with Crippen molar-refractivity contribution >= 4 is 11.6 Å². The molecule has 0 bridgehead atoms. The highest BCUT2D eigenvalue weighted by Crippen LogP contribution is 2.27. The van der Waals surface area contributed by atoms with Crippen LogP contribution in [0, 0.1) is 16.7 Å². The third-order valence-corrected chi connectivity index (χ3v) is 3.74. The van der Waals surface area contributed by atoms with Gasteiger partial charge in [-0.25, -0.2) is 0 Å². The van der Waals surface area contributed by atoms with Gasteiger partial charge in [-0.3, -0.25) is 0 Å². The van der Waals surface area contributed by atoms with Gasteiger partial charge in [0.25, 0.3) is 0 Å². The SMILES string of the molecule is CCNCc1c(Cl)cccc1OCCCCC(C)(C)C#N. The predicted octanol–water partition coefficient (Wildman–Crippen LogP) is 4.55. The fourth-order valence-corrected chi connectivity index (χ4v) is 2.24. The van der Waals surface area contributed by atoms with Crippen LogP contribution >= 0.6 is 11.6 Å². The molecular formula is C17H25ClN2O. The summed E-state index contributed by atoms with van der Waals surface area (Å²) in [5, 5.41) is 13.0. The molecule has 0 amide bonds. The Bertz CT molecular complexity index is 480. The van der Waals surface area contributed by atoms with E-state index in [9.17, 15) is 0 Å². The molecule has 0 heterocycles. The van der Waals surface area contributed by atoms with Crippen molar-refractivity contribution in [2.45, 2.75) is 46.6 Å². The molecule has 1 N–H and O–H groups in total. The third kappa shape index (κ3) is 6.37. The minimum atomic E-state index is -0.244. The first kappa shape index (κ1) is 17.8. The molecule has 0 saturated carbocycles. The van der Waals surface area contributed by atoms with Gasteiger partial charge in [0.15, 0.2) is 0 Å². The summed E-state index contributed by atoms with van der Waals surface area (Å²) in [5.74, 6) is 0.850. The van der Waals surface area contributed by atoms with E-state index in [1.165, 1.54) is 0 Å². The van der Waals surface area contributed by atoms with E-state index in [0.717, 1.165) is 42.1 Å². The Morgan fingerprint density at radius 3 is 2.76 bits per heavy atom. The highest BCUT2D eigenvalue weighted by Gasteiger charge is 2.15. The highest BCUT2D eigenvalue weighted by atomic mass is 35.5. The van der Waals surface area contributed by atoms with Crippen molar-refractivity contribution in [3.63, 3.8) is 0 Å². The van der Waals surface area contributed by atoms with Crippen molar-refractivity contribution in [1.82, 2.24) is 5.32 Å². The lowest BCUT2D eigenvalue weighted by molar-refractivity contribution is 0.292. The maximum Gasteiger partial charge on any atom is 0.125 e. The number of ether oxygens (including phenoxy) is 1. The summed E-state index contributed by atoms with van der Waals surface area (Å²) in [4.78, 5) is 0. The molecule has 4 heteroatoms. The van der Waals surface area contributed by atoms with E-state index in [0.29, 0.717) is 13.2 Å². The predicted molar refractivity (Wildman–Crippen MR) is 87.6 cm³/mol. The lowest BCUT2D eigenvalue weighted by atomic mass is 9.89. The van der Waals surface area contributed by atoms with Gasteiger partial charge in [0, 0.05) is 17.1 Å². The number of unbranched alkanes of at least 4 members (excludes halogenated alkanes) is 1. The van der Waals surface area contributed by atoms with Gasteiger partial charge in [-0.15, -0.1) is 0 Å². The number of halogens is 1. The van der Waals surface area contributed by atoms with E-state index in [1.807, 2.05) is 32.0 Å². The summed E-state index contributed by atoms with van der Waals surface area (Å²) in [6, 6.07) is 8.07. The molecule has 0 unspecified atom stereocenters. The first-order chi connectivity index (χ1) is 10.00. The lowest BCUT2D eigenvalue weighted by Crippen LogP contribution is -2.13. The molecule has 0 radical (unpaired) electrons. The number of nitrogens with one attached hydrogen (secondary N) is 1. The maximum atomic E-state index is 8.98. The lowest BCUT2D eigenvalue weighted by Gasteiger charge is -2.16. The Morgan fingerprint density at radius 2 is 2.10 bits per heavy atom. The van der Waals surface area contributed by atoms with Crippen LogP contribution in [0.15, 0.2) is 18.2 Å². The third-order valence-electron chi connectivity index (χ3n) is 3.38. The zero-order chi connectivity index (χ0) is 15.7. The van der Waals surface area contributed by atoms with E-state index < -0.39 is 0 Å². The van der Waals surface area contributed by atoms with Crippen LogP contribution in [0.25, 0.3) is 0 Å². The van der Waals surface area contributed by atoms with Crippen LogP contribution in [0.2, 0.25) is 5.02 Å². The van der Waals surface area contributed by atoms with Crippen LogP contribution in [0.4, 0.5) is 0 Å². The molecule has 0 aliphatic carbocycles. The van der Waals surface area contributed by atoms with E-state index in [-0.39, 0.29) is 5.41 Å². The van der Waals surface area contributed by atoms with Crippen molar-refractivity contribution in [3.8, 4) is 11.8 Å². The molecule has 1 rings (SSSR count). The number of nitrogens with zero attached hydrogens (tertiary/aromatic N) is 1. The van der Waals surface area contributed by atoms with Crippen LogP contribution in [-0.4, -0.2) is 13.2 Å². The second-order valence-electron chi connectivity index (χ2n) is 5.80. The fourth-order valence-electron chi connectivity index (χ4n) is 2.00. The first-order valence-electron chi connectivity index (χ1n) is 7.52. The minimum Gasteiger partial charge on any atom is -0.493 e. The second-order valence-corrected chi connectivity index (χ2v) is 6.21. The van der Waals surface area contributed by atoms with Crippen LogP contribution in [0.5, 0.6) is 5.75 Å². The van der Waals surface area contributed by atoms with Crippen LogP contribution in [0.3, 0.4) is 0 Å². The van der Waals surface area contributed by atoms with Gasteiger partial charge in [0.2, 0.25) is 0 Å². The van der Waals surface area contributed by atoms with Gasteiger partial charge in [0.1, 0.15) is 5.75 Å². The number of hydrogen-bond acceptors (Lipinski definition) is 3. The van der Waals surface area contributed by atoms with Gasteiger partial charge in [-0.05, 0) is 51.8 Å². The monoisotopic (exact) mass is 308 g/mol. The standard InChI is InChI=1S/C17H25ClN2O/c1-4-20-12-14-15(18)8-7-9-16(14)21-11-6-5-10-17(2,3)13-19/h7-9,20H,4-6,10-12H2,1-3H3. The highest BCUT2D eigenvalue weighted by molar-refractivity contribution is 6.31. The van der Waals surface area contributed by atoms with Gasteiger partial charge in [-0.2, -0.15) is 5.26 Å². The van der Waals surface area contributed by atoms with E-state index in [2.05, 4.69) is 18.3 Å². The molecule has 1 aromatic carbocycles. The Morgan fingerprint density at radius 1 is 1.33 bits per heavy atom. The smallest absolute Gasteiger partial charge is 0.125 e. The van der Waals surface area contributed by atoms with Gasteiger partial charge >= 0.3 is 0 Å². The van der Waals surface area contributed by atoms with Crippen molar-refractivity contribution < 1.29 is 4.74 Å². The zero-order valence-electron chi connectivity index (χ0n) is 13.2. The topological polar surface area (TPSA) is 45.0 Å². The number of benzene rings is 1. The van der Waals surface area contributed by atoms with Gasteiger partial charge in [0.05, 0.1) is 18.1 Å². The quantitative estimate of drug-likeness (QED) is 0.681. The molecular weight excluding hydrogens is 284 g/mol. The van der Waals surface area contributed by atoms with Crippen molar-refractivity contribution in [2.75, 3.05) is 13.2 Å². The molecule has 0 spiro atoms. The Hall–Kier alpha value is -1.24. The summed E-state index contributed by atoms with van der Waals surface area (Å²) in [6.07, 6.45) is 2.83. The number of rotatable bonds is 9. The first-order valence-corrected chi connectivity index (χ1v) is 7.90. The Kier molecular flexibility index (Phi) is 7.56. The van der Waals surface area contributed by atoms with E-state index in [4.69, 9.17) is 21.6 Å². The molecule has 0 aliphatic rings. The Balaban J connectivity index is 2.45. The summed E-state index contributed by atoms with van der Waals surface area (Å²) in [5.41, 5.74) is 0.769. The molecule has 21 heavy (non-hydrogen) atoms. The van der Waals surface area contributed by atoms with Crippen molar-refractivity contribution in [1.29, 1.82) is 5.26 Å². The molecule has 0 aliphatic heterocycles. The van der Waals surface area contributed by atoms with Crippen molar-refractivity contribution in [2.24, 2.45) is 5.41 Å². The summed E-state index contributed by atoms with van der Waals surface area (Å²) >= 11 is 6.23. The Labute approximate surface area is 133 Å². The van der Waals surface area contributed by atoms with Crippen LogP contribution < -0.4 is 10.1 Å².